The monoisotopic (exact) mass is 431 g/mol. The summed E-state index contributed by atoms with van der Waals surface area (Å²) in [6, 6.07) is 13.9. The van der Waals surface area contributed by atoms with Crippen molar-refractivity contribution in [2.24, 2.45) is 0 Å². The predicted molar refractivity (Wildman–Crippen MR) is 120 cm³/mol. The summed E-state index contributed by atoms with van der Waals surface area (Å²) >= 11 is 0. The fraction of sp³-hybridized carbons (Fsp3) is 0.217. The third kappa shape index (κ3) is 4.36. The van der Waals surface area contributed by atoms with Crippen molar-refractivity contribution in [3.63, 3.8) is 0 Å². The van der Waals surface area contributed by atoms with Crippen LogP contribution < -0.4 is 16.0 Å². The van der Waals surface area contributed by atoms with Crippen LogP contribution in [0.1, 0.15) is 28.9 Å². The highest BCUT2D eigenvalue weighted by Crippen LogP contribution is 2.28. The molecule has 3 N–H and O–H groups in total. The summed E-state index contributed by atoms with van der Waals surface area (Å²) in [6.45, 7) is 0.684. The van der Waals surface area contributed by atoms with Gasteiger partial charge in [0.15, 0.2) is 17.2 Å². The highest BCUT2D eigenvalue weighted by molar-refractivity contribution is 6.03. The lowest BCUT2D eigenvalue weighted by Crippen LogP contribution is -2.18. The lowest BCUT2D eigenvalue weighted by molar-refractivity contribution is 0.102. The van der Waals surface area contributed by atoms with Gasteiger partial charge in [0.1, 0.15) is 5.82 Å². The normalized spacial score (nSPS) is 13.2. The summed E-state index contributed by atoms with van der Waals surface area (Å²) in [6.07, 6.45) is 6.95. The molecule has 1 amide bonds. The molecule has 1 aromatic carbocycles. The highest BCUT2D eigenvalue weighted by Gasteiger charge is 2.24. The molecule has 3 aromatic heterocycles. The molecule has 0 radical (unpaired) electrons. The van der Waals surface area contributed by atoms with Crippen molar-refractivity contribution in [1.29, 1.82) is 0 Å². The smallest absolute Gasteiger partial charge is 0.276 e. The van der Waals surface area contributed by atoms with E-state index in [4.69, 9.17) is 0 Å². The second-order valence-corrected chi connectivity index (χ2v) is 7.71. The van der Waals surface area contributed by atoms with Crippen LogP contribution in [0.5, 0.6) is 0 Å². The molecule has 3 heterocycles. The minimum Gasteiger partial charge on any atom is -0.379 e. The Hall–Kier alpha value is -4.01. The predicted octanol–water partition coefficient (Wildman–Crippen LogP) is 3.74. The van der Waals surface area contributed by atoms with E-state index < -0.39 is 11.7 Å². The first kappa shape index (κ1) is 19.9. The number of carbonyl (C=O) groups is 1. The minimum absolute atomic E-state index is 0.0495. The van der Waals surface area contributed by atoms with Crippen LogP contribution in [0.4, 0.5) is 21.6 Å². The van der Waals surface area contributed by atoms with Gasteiger partial charge in [-0.2, -0.15) is 0 Å². The van der Waals surface area contributed by atoms with Gasteiger partial charge in [0, 0.05) is 24.8 Å². The molecule has 32 heavy (non-hydrogen) atoms. The Morgan fingerprint density at radius 1 is 1.12 bits per heavy atom. The lowest BCUT2D eigenvalue weighted by Gasteiger charge is -2.12. The summed E-state index contributed by atoms with van der Waals surface area (Å²) in [5, 5.41) is 13.9. The highest BCUT2D eigenvalue weighted by atomic mass is 19.1. The van der Waals surface area contributed by atoms with E-state index in [9.17, 15) is 9.18 Å². The fourth-order valence-corrected chi connectivity index (χ4v) is 3.41. The quantitative estimate of drug-likeness (QED) is 0.393. The average Bonchev–Trinajstić information content (AvgIpc) is 3.51. The van der Waals surface area contributed by atoms with Crippen LogP contribution in [0.15, 0.2) is 61.1 Å². The first-order chi connectivity index (χ1) is 15.7. The molecule has 1 aliphatic carbocycles. The average molecular weight is 431 g/mol. The second kappa shape index (κ2) is 8.62. The van der Waals surface area contributed by atoms with Gasteiger partial charge in [0.25, 0.3) is 5.91 Å². The fourth-order valence-electron chi connectivity index (χ4n) is 3.41. The van der Waals surface area contributed by atoms with Gasteiger partial charge in [-0.3, -0.25) is 9.78 Å². The number of amides is 1. The molecule has 8 nitrogen and oxygen atoms in total. The van der Waals surface area contributed by atoms with Crippen LogP contribution in [0.2, 0.25) is 0 Å². The Morgan fingerprint density at radius 3 is 2.75 bits per heavy atom. The van der Waals surface area contributed by atoms with E-state index in [2.05, 4.69) is 43.1 Å². The second-order valence-electron chi connectivity index (χ2n) is 7.71. The van der Waals surface area contributed by atoms with E-state index in [1.165, 1.54) is 28.5 Å². The van der Waals surface area contributed by atoms with E-state index >= 15 is 0 Å². The summed E-state index contributed by atoms with van der Waals surface area (Å²) in [7, 11) is 0. The molecule has 4 aromatic rings. The maximum absolute atomic E-state index is 13.9. The molecule has 0 spiro atoms. The number of pyridine rings is 1. The van der Waals surface area contributed by atoms with Crippen LogP contribution in [0.3, 0.4) is 0 Å². The Balaban J connectivity index is 1.41. The zero-order valence-electron chi connectivity index (χ0n) is 17.3. The summed E-state index contributed by atoms with van der Waals surface area (Å²) < 4.78 is 15.4. The van der Waals surface area contributed by atoms with E-state index in [1.54, 1.807) is 0 Å². The summed E-state index contributed by atoms with van der Waals surface area (Å²) in [5.74, 6) is -0.491. The number of hydrogen-bond acceptors (Lipinski definition) is 6. The number of nitrogens with zero attached hydrogens (tertiary/aromatic N) is 4. The molecular weight excluding hydrogens is 409 g/mol. The number of hydrogen-bond donors (Lipinski definition) is 3. The van der Waals surface area contributed by atoms with Crippen molar-refractivity contribution in [1.82, 2.24) is 19.6 Å². The first-order valence-corrected chi connectivity index (χ1v) is 10.5. The Morgan fingerprint density at radius 2 is 1.97 bits per heavy atom. The van der Waals surface area contributed by atoms with Gasteiger partial charge in [-0.05, 0) is 30.9 Å². The van der Waals surface area contributed by atoms with Crippen LogP contribution in [0, 0.1) is 5.82 Å². The third-order valence-electron chi connectivity index (χ3n) is 5.22. The Labute approximate surface area is 183 Å². The molecule has 0 bridgehead atoms. The van der Waals surface area contributed by atoms with Crippen molar-refractivity contribution in [3.05, 3.63) is 78.1 Å². The Bertz CT molecular complexity index is 1250. The number of nitrogens with one attached hydrogen (secondary N) is 3. The Kier molecular flexibility index (Phi) is 5.37. The number of benzene rings is 1. The summed E-state index contributed by atoms with van der Waals surface area (Å²) in [5.41, 5.74) is 2.83. The van der Waals surface area contributed by atoms with Crippen LogP contribution in [-0.4, -0.2) is 38.1 Å². The molecule has 0 atom stereocenters. The largest absolute Gasteiger partial charge is 0.379 e. The van der Waals surface area contributed by atoms with Gasteiger partial charge in [-0.15, -0.1) is 5.10 Å². The molecule has 1 saturated carbocycles. The number of halogens is 1. The maximum atomic E-state index is 13.9. The van der Waals surface area contributed by atoms with Crippen LogP contribution in [-0.2, 0) is 6.42 Å². The van der Waals surface area contributed by atoms with Gasteiger partial charge < -0.3 is 16.0 Å². The summed E-state index contributed by atoms with van der Waals surface area (Å²) in [4.78, 5) is 21.0. The van der Waals surface area contributed by atoms with Crippen LogP contribution >= 0.6 is 0 Å². The molecule has 1 aliphatic rings. The number of imidazole rings is 1. The molecule has 0 aliphatic heterocycles. The van der Waals surface area contributed by atoms with E-state index in [0.29, 0.717) is 24.1 Å². The van der Waals surface area contributed by atoms with Crippen molar-refractivity contribution in [3.8, 4) is 0 Å². The van der Waals surface area contributed by atoms with Gasteiger partial charge >= 0.3 is 0 Å². The third-order valence-corrected chi connectivity index (χ3v) is 5.22. The van der Waals surface area contributed by atoms with Gasteiger partial charge in [0.05, 0.1) is 23.8 Å². The molecule has 0 saturated heterocycles. The van der Waals surface area contributed by atoms with Gasteiger partial charge in [0.2, 0.25) is 0 Å². The zero-order chi connectivity index (χ0) is 21.9. The number of carbonyl (C=O) groups excluding carboxylic acids is 1. The van der Waals surface area contributed by atoms with E-state index in [-0.39, 0.29) is 11.4 Å². The molecule has 162 valence electrons. The molecule has 5 rings (SSSR count). The molecular formula is C23H22FN7O. The topological polar surface area (TPSA) is 96.2 Å². The van der Waals surface area contributed by atoms with Crippen molar-refractivity contribution >= 4 is 28.7 Å². The van der Waals surface area contributed by atoms with Crippen molar-refractivity contribution in [2.45, 2.75) is 25.3 Å². The minimum atomic E-state index is -0.609. The number of rotatable bonds is 8. The SMILES string of the molecule is O=C(Nc1ccncc1F)c1cnc2c(NC3CC3)cc(NCCc3ccccc3)nn12. The van der Waals surface area contributed by atoms with Gasteiger partial charge in [-0.1, -0.05) is 30.3 Å². The first-order valence-electron chi connectivity index (χ1n) is 10.5. The molecule has 1 fully saturated rings. The number of fused-ring (bicyclic) bond motifs is 1. The van der Waals surface area contributed by atoms with E-state index in [0.717, 1.165) is 31.1 Å². The van der Waals surface area contributed by atoms with Crippen molar-refractivity contribution < 1.29 is 9.18 Å². The maximum Gasteiger partial charge on any atom is 0.276 e. The number of aromatic nitrogens is 4. The lowest BCUT2D eigenvalue weighted by atomic mass is 10.1. The van der Waals surface area contributed by atoms with E-state index in [1.807, 2.05) is 24.3 Å². The standard InChI is InChI=1S/C23H22FN7O/c24-17-13-25-10-9-18(17)29-23(32)20-14-27-22-19(28-16-6-7-16)12-21(30-31(20)22)26-11-8-15-4-2-1-3-5-15/h1-5,9-10,12-14,16,28H,6-8,11H2,(H,26,30)(H,25,29,32). The van der Waals surface area contributed by atoms with Gasteiger partial charge in [-0.25, -0.2) is 13.9 Å². The van der Waals surface area contributed by atoms with Crippen LogP contribution in [0.25, 0.3) is 5.65 Å². The zero-order valence-corrected chi connectivity index (χ0v) is 17.3. The molecule has 9 heteroatoms. The molecule has 0 unspecified atom stereocenters. The number of anilines is 3. The van der Waals surface area contributed by atoms with Crippen molar-refractivity contribution in [2.75, 3.05) is 22.5 Å².